The van der Waals surface area contributed by atoms with Gasteiger partial charge in [-0.1, -0.05) is 50.6 Å². The van der Waals surface area contributed by atoms with E-state index in [1.165, 1.54) is 21.0 Å². The van der Waals surface area contributed by atoms with Crippen molar-refractivity contribution in [3.63, 3.8) is 0 Å². The van der Waals surface area contributed by atoms with Crippen LogP contribution in [0.3, 0.4) is 0 Å². The van der Waals surface area contributed by atoms with Crippen LogP contribution in [0.5, 0.6) is 0 Å². The largest absolute Gasteiger partial charge is 0.600 e. The van der Waals surface area contributed by atoms with E-state index < -0.39 is 209 Å². The number of hydrogen-bond acceptors (Lipinski definition) is 24. The minimum Gasteiger partial charge on any atom is -0.600 e. The van der Waals surface area contributed by atoms with Crippen LogP contribution in [0.2, 0.25) is 0 Å². The molecule has 10 aliphatic rings. The Hall–Kier alpha value is -4.33. The van der Waals surface area contributed by atoms with Crippen LogP contribution < -0.4 is 10.5 Å². The van der Waals surface area contributed by atoms with Gasteiger partial charge in [0.25, 0.3) is 0 Å². The van der Waals surface area contributed by atoms with Crippen LogP contribution in [0.25, 0.3) is 0 Å². The molecule has 0 radical (unpaired) electrons. The molecule has 2 bridgehead atoms. The molecule has 10 rings (SSSR count). The van der Waals surface area contributed by atoms with E-state index in [-0.39, 0.29) is 50.4 Å². The summed E-state index contributed by atoms with van der Waals surface area (Å²) >= 11 is 0. The molecule has 1 amide bonds. The molecule has 0 aromatic carbocycles. The Labute approximate surface area is 543 Å². The predicted molar refractivity (Wildman–Crippen MR) is 324 cm³/mol. The maximum Gasteiger partial charge on any atom is 0.407 e. The molecule has 26 heteroatoms. The highest BCUT2D eigenvalue weighted by Gasteiger charge is 2.66. The number of allylic oxidation sites excluding steroid dienone is 3. The first-order valence-corrected chi connectivity index (χ1v) is 33.4. The summed E-state index contributed by atoms with van der Waals surface area (Å²) in [5.41, 5.74) is -4.49. The highest BCUT2D eigenvalue weighted by Crippen LogP contribution is 2.61. The average molecular weight is 1320 g/mol. The number of amides is 1. The second-order valence-corrected chi connectivity index (χ2v) is 28.7. The number of hydroxylamine groups is 2. The summed E-state index contributed by atoms with van der Waals surface area (Å²) < 4.78 is 81.8. The molecular weight excluding hydrogens is 1220 g/mol. The third kappa shape index (κ3) is 14.2. The molecule has 2 saturated carbocycles. The van der Waals surface area contributed by atoms with E-state index in [2.05, 4.69) is 25.2 Å². The number of fused-ring (bicyclic) bond motifs is 4. The van der Waals surface area contributed by atoms with Crippen LogP contribution in [-0.2, 0) is 80.8 Å². The van der Waals surface area contributed by atoms with E-state index in [1.54, 1.807) is 33.8 Å². The third-order valence-electron chi connectivity index (χ3n) is 22.2. The Bertz CT molecular complexity index is 2840. The van der Waals surface area contributed by atoms with E-state index in [0.29, 0.717) is 44.0 Å². The van der Waals surface area contributed by atoms with Crippen molar-refractivity contribution in [2.45, 2.75) is 288 Å². The maximum atomic E-state index is 15.6. The number of Topliss-reactive ketones (excluding diaryl/α,β-unsaturated/α-hetero) is 1. The summed E-state index contributed by atoms with van der Waals surface area (Å²) in [6.45, 7) is 21.3. The number of carbonyl (C=O) groups excluding carboxylic acids is 5. The number of hydrogen-bond donors (Lipinski definition) is 7. The number of ketones is 1. The number of aliphatic hydroxyl groups is 4. The van der Waals surface area contributed by atoms with Gasteiger partial charge in [0.05, 0.1) is 86.6 Å². The Morgan fingerprint density at radius 3 is 1.99 bits per heavy atom. The molecule has 6 aliphatic heterocycles. The summed E-state index contributed by atoms with van der Waals surface area (Å²) in [5.74, 6) is -7.07. The van der Waals surface area contributed by atoms with Crippen LogP contribution in [0.1, 0.15) is 154 Å². The Balaban J connectivity index is 0.902. The molecule has 6 heterocycles. The molecule has 522 valence electrons. The monoisotopic (exact) mass is 1320 g/mol. The lowest BCUT2D eigenvalue weighted by Crippen LogP contribution is -3.17. The summed E-state index contributed by atoms with van der Waals surface area (Å²) in [5, 5.41) is 71.8. The standard InChI is InChI=1S/C67H100N2O24/c1-30-14-18-47(88-54-28-65(11,69(79)80)60(38(9)86-54)68-64(78)81-13)31(2)23-43-45(73)24-40(29-70)27-67(43)62(76)55(63(77)93-67)61(75)66(12)42(30)16-15-41-56(66)32(3)22-33(4)57(41)92-53-26-49(59(37(8)85-53)87-39(10)71)90-50-21-19-48(35(6)83-50)89-52-25-46(74)58(36(7)84-52)91-51-20-17-44(72)34(5)82-51/h14-16,23,29,32-38,40-54,56-60,69,72-75,79H,17-22,24-28H2,1-13H3,(H,68,78). The molecule has 93 heavy (non-hydrogen) atoms. The number of carbonyl (C=O) groups is 5. The fraction of sp³-hybridized carbons (Fsp3) is 0.806. The number of alkyl carbamates (subject to hydrolysis) is 1. The van der Waals surface area contributed by atoms with Gasteiger partial charge in [-0.05, 0) is 111 Å². The van der Waals surface area contributed by atoms with Gasteiger partial charge in [0.1, 0.15) is 35.9 Å². The molecule has 4 aliphatic carbocycles. The summed E-state index contributed by atoms with van der Waals surface area (Å²) in [6.07, 6.45) is -4.46. The normalized spacial score (nSPS) is 47.5. The predicted octanol–water partition coefficient (Wildman–Crippen LogP) is 4.94. The lowest BCUT2D eigenvalue weighted by atomic mass is 9.49. The van der Waals surface area contributed by atoms with E-state index >= 15 is 4.79 Å². The first-order valence-electron chi connectivity index (χ1n) is 33.4. The molecular formula is C67H100N2O24. The number of methoxy groups -OCH3 is 1. The zero-order chi connectivity index (χ0) is 67.5. The number of quaternary nitrogens is 1. The van der Waals surface area contributed by atoms with Gasteiger partial charge in [-0.15, -0.1) is 0 Å². The summed E-state index contributed by atoms with van der Waals surface area (Å²) in [6, 6.07) is -1.02. The molecule has 6 saturated heterocycles. The maximum absolute atomic E-state index is 15.6. The van der Waals surface area contributed by atoms with Crippen molar-refractivity contribution in [1.29, 1.82) is 0 Å². The molecule has 0 aromatic heterocycles. The first kappa shape index (κ1) is 71.4. The minimum absolute atomic E-state index is 0.0579. The van der Waals surface area contributed by atoms with Crippen LogP contribution in [-0.4, -0.2) is 197 Å². The second kappa shape index (κ2) is 28.6. The number of aliphatic hydroxyl groups excluding tert-OH is 4. The zero-order valence-electron chi connectivity index (χ0n) is 55.7. The fourth-order valence-corrected chi connectivity index (χ4v) is 17.3. The van der Waals surface area contributed by atoms with E-state index in [1.807, 2.05) is 39.8 Å². The van der Waals surface area contributed by atoms with Crippen molar-refractivity contribution in [3.05, 3.63) is 52.0 Å². The number of esters is 2. The van der Waals surface area contributed by atoms with Crippen molar-refractivity contribution >= 4 is 30.1 Å². The lowest BCUT2D eigenvalue weighted by Gasteiger charge is -2.56. The fourth-order valence-electron chi connectivity index (χ4n) is 17.3. The highest BCUT2D eigenvalue weighted by molar-refractivity contribution is 6.26. The molecule has 0 aromatic rings. The Morgan fingerprint density at radius 1 is 0.699 bits per heavy atom. The van der Waals surface area contributed by atoms with E-state index in [9.17, 15) is 50.0 Å². The number of aldehydes is 1. The van der Waals surface area contributed by atoms with Crippen LogP contribution >= 0.6 is 0 Å². The first-order chi connectivity index (χ1) is 43.9. The van der Waals surface area contributed by atoms with E-state index in [0.717, 1.165) is 5.57 Å². The Morgan fingerprint density at radius 2 is 1.33 bits per heavy atom. The molecule has 26 nitrogen and oxygen atoms in total. The highest BCUT2D eigenvalue weighted by atomic mass is 16.8. The minimum atomic E-state index is -2.12. The van der Waals surface area contributed by atoms with Crippen molar-refractivity contribution in [1.82, 2.24) is 5.32 Å². The quantitative estimate of drug-likeness (QED) is 0.0302. The number of nitrogens with one attached hydrogen (secondary N) is 2. The van der Waals surface area contributed by atoms with Gasteiger partial charge in [0.2, 0.25) is 5.78 Å². The van der Waals surface area contributed by atoms with Gasteiger partial charge < -0.3 is 97.3 Å². The average Bonchev–Trinajstić information content (AvgIpc) is 1.68. The topological polar surface area (TPSA) is 346 Å². The summed E-state index contributed by atoms with van der Waals surface area (Å²) in [4.78, 5) is 68.2. The van der Waals surface area contributed by atoms with Gasteiger partial charge in [0, 0.05) is 62.2 Å². The van der Waals surface area contributed by atoms with Gasteiger partial charge in [-0.3, -0.25) is 9.59 Å². The molecule has 31 atom stereocenters. The van der Waals surface area contributed by atoms with E-state index in [4.69, 9.17) is 61.6 Å². The van der Waals surface area contributed by atoms with Gasteiger partial charge in [-0.25, -0.2) is 20.0 Å². The third-order valence-corrected chi connectivity index (χ3v) is 22.2. The van der Waals surface area contributed by atoms with Gasteiger partial charge >= 0.3 is 18.0 Å². The molecule has 8 fully saturated rings. The lowest BCUT2D eigenvalue weighted by molar-refractivity contribution is -1.09. The van der Waals surface area contributed by atoms with Crippen LogP contribution in [0.4, 0.5) is 4.79 Å². The van der Waals surface area contributed by atoms with Crippen molar-refractivity contribution in [3.8, 4) is 0 Å². The van der Waals surface area contributed by atoms with Crippen molar-refractivity contribution in [2.24, 2.45) is 46.8 Å². The molecule has 1 spiro atoms. The number of rotatable bonds is 14. The van der Waals surface area contributed by atoms with Gasteiger partial charge in [-0.2, -0.15) is 0 Å². The smallest absolute Gasteiger partial charge is 0.407 e. The molecule has 7 N–H and O–H groups in total. The summed E-state index contributed by atoms with van der Waals surface area (Å²) in [7, 11) is 1.17. The van der Waals surface area contributed by atoms with Crippen LogP contribution in [0, 0.1) is 52.0 Å². The van der Waals surface area contributed by atoms with Crippen LogP contribution in [0.15, 0.2) is 46.8 Å². The van der Waals surface area contributed by atoms with Crippen molar-refractivity contribution in [2.75, 3.05) is 7.11 Å². The number of ether oxygens (including phenoxy) is 13. The SMILES string of the molecule is COC(=O)NC1C(C)OC(OC2CC=C(C)C3C=CC4C(OC5CC(OC6CCC(OC7CC(O)C(OC8CCC(O)C(C)O8)C(C)O7)C(C)O6)C(OC(C)=O)C(C)O5)C(C)CC(C)C4C3(C)C(O)=C3C(=O)OC4(CC(C=O)CC(O)C4C=C2C)C3=O)CC1(C)[NH+]([O-])O. The van der Waals surface area contributed by atoms with Gasteiger partial charge in [0.15, 0.2) is 48.7 Å². The Kier molecular flexibility index (Phi) is 22.0. The van der Waals surface area contributed by atoms with Crippen molar-refractivity contribution < 1.29 is 116 Å². The second-order valence-electron chi connectivity index (χ2n) is 28.7. The molecule has 31 unspecified atom stereocenters. The zero-order valence-corrected chi connectivity index (χ0v) is 55.7.